The van der Waals surface area contributed by atoms with Crippen LogP contribution in [-0.2, 0) is 13.0 Å². The molecule has 0 aromatic carbocycles. The fraction of sp³-hybridized carbons (Fsp3) is 0.643. The highest BCUT2D eigenvalue weighted by atomic mass is 15.3. The van der Waals surface area contributed by atoms with Crippen LogP contribution < -0.4 is 0 Å². The van der Waals surface area contributed by atoms with Gasteiger partial charge in [0.2, 0.25) is 0 Å². The minimum Gasteiger partial charge on any atom is -0.262 e. The predicted octanol–water partition coefficient (Wildman–Crippen LogP) is 2.91. The van der Waals surface area contributed by atoms with Crippen molar-refractivity contribution in [1.82, 2.24) is 25.0 Å². The molecule has 0 aliphatic heterocycles. The monoisotopic (exact) mass is 259 g/mol. The summed E-state index contributed by atoms with van der Waals surface area (Å²) in [6.07, 6.45) is 6.05. The predicted molar refractivity (Wildman–Crippen MR) is 73.9 cm³/mol. The molecule has 3 rings (SSSR count). The molecule has 0 saturated heterocycles. The standard InChI is InChI=1S/C14H21N5/c1-3-11-9-12(19(4-2)18-11)14-15-13(16-17-14)10-7-5-6-8-10/h9-10H,3-8H2,1-2H3,(H,15,16,17). The van der Waals surface area contributed by atoms with Crippen LogP contribution in [0.1, 0.15) is 57.0 Å². The molecule has 0 unspecified atom stereocenters. The lowest BCUT2D eigenvalue weighted by Gasteiger charge is -2.02. The molecule has 1 saturated carbocycles. The quantitative estimate of drug-likeness (QED) is 0.918. The Morgan fingerprint density at radius 1 is 1.32 bits per heavy atom. The summed E-state index contributed by atoms with van der Waals surface area (Å²) in [5, 5.41) is 12.1. The van der Waals surface area contributed by atoms with E-state index >= 15 is 0 Å². The second kappa shape index (κ2) is 5.15. The molecule has 0 atom stereocenters. The van der Waals surface area contributed by atoms with Crippen LogP contribution in [0.5, 0.6) is 0 Å². The summed E-state index contributed by atoms with van der Waals surface area (Å²) < 4.78 is 1.99. The Bertz CT molecular complexity index is 548. The lowest BCUT2D eigenvalue weighted by Crippen LogP contribution is -2.00. The molecular weight excluding hydrogens is 238 g/mol. The number of hydrogen-bond acceptors (Lipinski definition) is 3. The van der Waals surface area contributed by atoms with E-state index in [1.165, 1.54) is 25.7 Å². The van der Waals surface area contributed by atoms with Crippen molar-refractivity contribution in [2.75, 3.05) is 0 Å². The highest BCUT2D eigenvalue weighted by Crippen LogP contribution is 2.32. The maximum Gasteiger partial charge on any atom is 0.199 e. The van der Waals surface area contributed by atoms with E-state index in [1.54, 1.807) is 0 Å². The number of aryl methyl sites for hydroxylation is 2. The third-order valence-corrected chi connectivity index (χ3v) is 3.97. The minimum atomic E-state index is 0.574. The number of H-pyrrole nitrogens is 1. The van der Waals surface area contributed by atoms with Crippen LogP contribution in [0.4, 0.5) is 0 Å². The molecule has 1 aliphatic carbocycles. The van der Waals surface area contributed by atoms with E-state index in [0.717, 1.165) is 36.0 Å². The van der Waals surface area contributed by atoms with Crippen LogP contribution in [0.15, 0.2) is 6.07 Å². The fourth-order valence-corrected chi connectivity index (χ4v) is 2.83. The first kappa shape index (κ1) is 12.4. The first-order valence-corrected chi connectivity index (χ1v) is 7.31. The fourth-order valence-electron chi connectivity index (χ4n) is 2.83. The van der Waals surface area contributed by atoms with E-state index in [-0.39, 0.29) is 0 Å². The van der Waals surface area contributed by atoms with Crippen molar-refractivity contribution < 1.29 is 0 Å². The van der Waals surface area contributed by atoms with Gasteiger partial charge < -0.3 is 0 Å². The van der Waals surface area contributed by atoms with Gasteiger partial charge in [-0.25, -0.2) is 4.98 Å². The summed E-state index contributed by atoms with van der Waals surface area (Å²) in [6.45, 7) is 5.07. The van der Waals surface area contributed by atoms with E-state index in [4.69, 9.17) is 4.98 Å². The molecule has 102 valence electrons. The van der Waals surface area contributed by atoms with Crippen LogP contribution >= 0.6 is 0 Å². The molecule has 2 aromatic heterocycles. The SMILES string of the molecule is CCc1cc(-c2n[nH]c(C3CCCC3)n2)n(CC)n1. The second-order valence-electron chi connectivity index (χ2n) is 5.22. The molecule has 0 radical (unpaired) electrons. The first-order valence-electron chi connectivity index (χ1n) is 7.31. The van der Waals surface area contributed by atoms with Gasteiger partial charge in [-0.05, 0) is 32.3 Å². The lowest BCUT2D eigenvalue weighted by atomic mass is 10.1. The molecule has 2 heterocycles. The van der Waals surface area contributed by atoms with Crippen molar-refractivity contribution >= 4 is 0 Å². The molecule has 1 N–H and O–H groups in total. The van der Waals surface area contributed by atoms with Gasteiger partial charge in [0.15, 0.2) is 5.82 Å². The van der Waals surface area contributed by atoms with Gasteiger partial charge in [0, 0.05) is 12.5 Å². The van der Waals surface area contributed by atoms with E-state index in [9.17, 15) is 0 Å². The maximum atomic E-state index is 4.69. The Balaban J connectivity index is 1.91. The Labute approximate surface area is 113 Å². The van der Waals surface area contributed by atoms with Crippen LogP contribution in [0.25, 0.3) is 11.5 Å². The smallest absolute Gasteiger partial charge is 0.199 e. The number of nitrogens with zero attached hydrogens (tertiary/aromatic N) is 4. The largest absolute Gasteiger partial charge is 0.262 e. The van der Waals surface area contributed by atoms with Crippen molar-refractivity contribution in [1.29, 1.82) is 0 Å². The van der Waals surface area contributed by atoms with Gasteiger partial charge in [-0.1, -0.05) is 19.8 Å². The highest BCUT2D eigenvalue weighted by Gasteiger charge is 2.22. The average Bonchev–Trinajstić information content (AvgIpc) is 3.16. The number of hydrogen-bond donors (Lipinski definition) is 1. The summed E-state index contributed by atoms with van der Waals surface area (Å²) in [5.41, 5.74) is 2.13. The second-order valence-corrected chi connectivity index (χ2v) is 5.22. The number of aromatic amines is 1. The molecule has 1 fully saturated rings. The average molecular weight is 259 g/mol. The molecule has 2 aromatic rings. The molecule has 5 nitrogen and oxygen atoms in total. The first-order chi connectivity index (χ1) is 9.31. The van der Waals surface area contributed by atoms with E-state index in [1.807, 2.05) is 4.68 Å². The van der Waals surface area contributed by atoms with Crippen LogP contribution in [0, 0.1) is 0 Å². The third kappa shape index (κ3) is 2.29. The normalized spacial score (nSPS) is 16.3. The zero-order valence-electron chi connectivity index (χ0n) is 11.7. The number of rotatable bonds is 4. The molecular formula is C14H21N5. The van der Waals surface area contributed by atoms with Gasteiger partial charge in [0.25, 0.3) is 0 Å². The van der Waals surface area contributed by atoms with Gasteiger partial charge in [0.1, 0.15) is 11.5 Å². The molecule has 1 aliphatic rings. The number of aromatic nitrogens is 5. The van der Waals surface area contributed by atoms with Gasteiger partial charge >= 0.3 is 0 Å². The molecule has 0 amide bonds. The zero-order valence-corrected chi connectivity index (χ0v) is 11.7. The van der Waals surface area contributed by atoms with Gasteiger partial charge in [-0.3, -0.25) is 9.78 Å². The van der Waals surface area contributed by atoms with Crippen molar-refractivity contribution in [3.63, 3.8) is 0 Å². The summed E-state index contributed by atoms with van der Waals surface area (Å²) in [5.74, 6) is 2.41. The minimum absolute atomic E-state index is 0.574. The molecule has 0 spiro atoms. The summed E-state index contributed by atoms with van der Waals surface area (Å²) >= 11 is 0. The molecule has 19 heavy (non-hydrogen) atoms. The third-order valence-electron chi connectivity index (χ3n) is 3.97. The van der Waals surface area contributed by atoms with E-state index < -0.39 is 0 Å². The highest BCUT2D eigenvalue weighted by molar-refractivity contribution is 5.50. The van der Waals surface area contributed by atoms with Crippen LogP contribution in [0.3, 0.4) is 0 Å². The van der Waals surface area contributed by atoms with E-state index in [2.05, 4.69) is 35.2 Å². The Morgan fingerprint density at radius 3 is 2.79 bits per heavy atom. The van der Waals surface area contributed by atoms with Crippen molar-refractivity contribution in [3.8, 4) is 11.5 Å². The van der Waals surface area contributed by atoms with Crippen molar-refractivity contribution in [3.05, 3.63) is 17.6 Å². The topological polar surface area (TPSA) is 59.4 Å². The van der Waals surface area contributed by atoms with Gasteiger partial charge in [-0.2, -0.15) is 10.2 Å². The maximum absolute atomic E-state index is 4.69. The summed E-state index contributed by atoms with van der Waals surface area (Å²) in [6, 6.07) is 2.10. The number of nitrogens with one attached hydrogen (secondary N) is 1. The zero-order chi connectivity index (χ0) is 13.2. The van der Waals surface area contributed by atoms with Crippen molar-refractivity contribution in [2.24, 2.45) is 0 Å². The summed E-state index contributed by atoms with van der Waals surface area (Å²) in [4.78, 5) is 4.69. The van der Waals surface area contributed by atoms with Gasteiger partial charge in [-0.15, -0.1) is 0 Å². The lowest BCUT2D eigenvalue weighted by molar-refractivity contribution is 0.652. The Morgan fingerprint density at radius 2 is 2.11 bits per heavy atom. The summed E-state index contributed by atoms with van der Waals surface area (Å²) in [7, 11) is 0. The van der Waals surface area contributed by atoms with E-state index in [0.29, 0.717) is 5.92 Å². The van der Waals surface area contributed by atoms with Crippen LogP contribution in [0.2, 0.25) is 0 Å². The van der Waals surface area contributed by atoms with Gasteiger partial charge in [0.05, 0.1) is 5.69 Å². The Kier molecular flexibility index (Phi) is 3.36. The van der Waals surface area contributed by atoms with Crippen molar-refractivity contribution in [2.45, 2.75) is 58.4 Å². The molecule has 5 heteroatoms. The van der Waals surface area contributed by atoms with Crippen LogP contribution in [-0.4, -0.2) is 25.0 Å². The molecule has 0 bridgehead atoms. The Hall–Kier alpha value is -1.65.